The molecule has 0 bridgehead atoms. The Hall–Kier alpha value is -2.69. The number of anilines is 1. The first kappa shape index (κ1) is 19.1. The molecule has 2 aromatic rings. The lowest BCUT2D eigenvalue weighted by Gasteiger charge is -2.31. The van der Waals surface area contributed by atoms with E-state index in [2.05, 4.69) is 23.1 Å². The van der Waals surface area contributed by atoms with Crippen LogP contribution >= 0.6 is 0 Å². The maximum atomic E-state index is 13.1. The molecule has 1 heterocycles. The third-order valence-corrected chi connectivity index (χ3v) is 5.08. The van der Waals surface area contributed by atoms with Crippen LogP contribution in [0.4, 0.5) is 5.69 Å². The Morgan fingerprint density at radius 1 is 1.00 bits per heavy atom. The number of hydrogen-bond donors (Lipinski definition) is 0. The molecule has 144 valence electrons. The molecule has 0 spiro atoms. The monoisotopic (exact) mass is 368 g/mol. The lowest BCUT2D eigenvalue weighted by molar-refractivity contribution is 0.0781. The van der Waals surface area contributed by atoms with Gasteiger partial charge in [0.1, 0.15) is 0 Å². The topological polar surface area (TPSA) is 42.0 Å². The van der Waals surface area contributed by atoms with E-state index >= 15 is 0 Å². The molecule has 27 heavy (non-hydrogen) atoms. The predicted molar refractivity (Wildman–Crippen MR) is 108 cm³/mol. The van der Waals surface area contributed by atoms with Crippen LogP contribution in [0.3, 0.4) is 0 Å². The zero-order valence-electron chi connectivity index (χ0n) is 16.4. The number of rotatable bonds is 6. The molecule has 2 aromatic carbocycles. The van der Waals surface area contributed by atoms with Crippen molar-refractivity contribution in [2.75, 3.05) is 39.3 Å². The van der Waals surface area contributed by atoms with Crippen molar-refractivity contribution >= 4 is 11.6 Å². The number of para-hydroxylation sites is 2. The number of carbonyl (C=O) groups excluding carboxylic acids is 1. The van der Waals surface area contributed by atoms with Crippen molar-refractivity contribution in [3.63, 3.8) is 0 Å². The summed E-state index contributed by atoms with van der Waals surface area (Å²) in [5.74, 6) is 0.950. The summed E-state index contributed by atoms with van der Waals surface area (Å²) in [4.78, 5) is 17.2. The van der Waals surface area contributed by atoms with E-state index in [1.807, 2.05) is 19.2 Å². The van der Waals surface area contributed by atoms with Crippen LogP contribution in [0.1, 0.15) is 35.2 Å². The maximum Gasteiger partial charge on any atom is 0.257 e. The van der Waals surface area contributed by atoms with Gasteiger partial charge in [0, 0.05) is 32.4 Å². The number of amides is 1. The van der Waals surface area contributed by atoms with Crippen LogP contribution in [0.15, 0.2) is 42.5 Å². The van der Waals surface area contributed by atoms with Gasteiger partial charge in [0.15, 0.2) is 11.5 Å². The van der Waals surface area contributed by atoms with Crippen LogP contribution in [0.2, 0.25) is 0 Å². The summed E-state index contributed by atoms with van der Waals surface area (Å²) in [6.45, 7) is 2.71. The molecular weight excluding hydrogens is 340 g/mol. The zero-order valence-corrected chi connectivity index (χ0v) is 16.4. The maximum absolute atomic E-state index is 13.1. The largest absolute Gasteiger partial charge is 0.493 e. The molecule has 0 unspecified atom stereocenters. The van der Waals surface area contributed by atoms with Crippen LogP contribution < -0.4 is 14.4 Å². The smallest absolute Gasteiger partial charge is 0.257 e. The Balaban J connectivity index is 1.82. The minimum absolute atomic E-state index is 0.0841. The molecule has 0 aliphatic carbocycles. The van der Waals surface area contributed by atoms with Gasteiger partial charge in [-0.2, -0.15) is 0 Å². The third-order valence-electron chi connectivity index (χ3n) is 5.08. The number of benzene rings is 2. The summed E-state index contributed by atoms with van der Waals surface area (Å²) in [6, 6.07) is 13.7. The van der Waals surface area contributed by atoms with E-state index in [0.717, 1.165) is 18.7 Å². The number of hydrogen-bond acceptors (Lipinski definition) is 4. The Morgan fingerprint density at radius 3 is 2.44 bits per heavy atom. The molecule has 1 aliphatic rings. The average molecular weight is 368 g/mol. The first-order valence-corrected chi connectivity index (χ1v) is 9.45. The molecule has 0 N–H and O–H groups in total. The molecule has 1 amide bonds. The van der Waals surface area contributed by atoms with Gasteiger partial charge in [-0.1, -0.05) is 24.3 Å². The summed E-state index contributed by atoms with van der Waals surface area (Å²) in [6.07, 6.45) is 3.75. The summed E-state index contributed by atoms with van der Waals surface area (Å²) in [5, 5.41) is 0. The van der Waals surface area contributed by atoms with E-state index in [1.54, 1.807) is 31.3 Å². The van der Waals surface area contributed by atoms with Crippen molar-refractivity contribution in [3.8, 4) is 11.5 Å². The first-order chi connectivity index (χ1) is 13.2. The summed E-state index contributed by atoms with van der Waals surface area (Å²) in [7, 11) is 4.96. The van der Waals surface area contributed by atoms with E-state index in [0.29, 0.717) is 23.6 Å². The number of nitrogens with zero attached hydrogens (tertiary/aromatic N) is 2. The van der Waals surface area contributed by atoms with Gasteiger partial charge in [-0.25, -0.2) is 0 Å². The third kappa shape index (κ3) is 4.18. The highest BCUT2D eigenvalue weighted by Crippen LogP contribution is 2.32. The van der Waals surface area contributed by atoms with Gasteiger partial charge in [-0.3, -0.25) is 4.79 Å². The van der Waals surface area contributed by atoms with E-state index in [-0.39, 0.29) is 5.91 Å². The molecular formula is C22H28N2O3. The molecule has 0 aromatic heterocycles. The summed E-state index contributed by atoms with van der Waals surface area (Å²) >= 11 is 0. The zero-order chi connectivity index (χ0) is 19.2. The van der Waals surface area contributed by atoms with Crippen LogP contribution in [-0.4, -0.2) is 45.2 Å². The SMILES string of the molecule is COc1cccc(C(=O)N(C)Cc2ccccc2N2CCCCC2)c1OC. The quantitative estimate of drug-likeness (QED) is 0.774. The molecule has 3 rings (SSSR count). The number of carbonyl (C=O) groups is 1. The van der Waals surface area contributed by atoms with E-state index in [4.69, 9.17) is 9.47 Å². The fourth-order valence-corrected chi connectivity index (χ4v) is 3.68. The second kappa shape index (κ2) is 8.80. The van der Waals surface area contributed by atoms with Gasteiger partial charge in [-0.05, 0) is 43.0 Å². The second-order valence-electron chi connectivity index (χ2n) is 6.88. The molecule has 0 radical (unpaired) electrons. The predicted octanol–water partition coefficient (Wildman–Crippen LogP) is 3.97. The van der Waals surface area contributed by atoms with Gasteiger partial charge in [0.05, 0.1) is 19.8 Å². The van der Waals surface area contributed by atoms with Gasteiger partial charge in [0.25, 0.3) is 5.91 Å². The normalized spacial score (nSPS) is 14.0. The fourth-order valence-electron chi connectivity index (χ4n) is 3.68. The minimum atomic E-state index is -0.0841. The van der Waals surface area contributed by atoms with E-state index in [1.165, 1.54) is 24.9 Å². The number of piperidine rings is 1. The molecule has 0 atom stereocenters. The van der Waals surface area contributed by atoms with Gasteiger partial charge < -0.3 is 19.3 Å². The Labute approximate surface area is 161 Å². The molecule has 1 saturated heterocycles. The first-order valence-electron chi connectivity index (χ1n) is 9.45. The van der Waals surface area contributed by atoms with Gasteiger partial charge in [0.2, 0.25) is 0 Å². The number of ether oxygens (including phenoxy) is 2. The molecule has 5 heteroatoms. The highest BCUT2D eigenvalue weighted by molar-refractivity contribution is 5.97. The van der Waals surface area contributed by atoms with Crippen molar-refractivity contribution < 1.29 is 14.3 Å². The van der Waals surface area contributed by atoms with Crippen LogP contribution in [0.5, 0.6) is 11.5 Å². The Bertz CT molecular complexity index is 785. The molecule has 0 saturated carbocycles. The van der Waals surface area contributed by atoms with Gasteiger partial charge in [-0.15, -0.1) is 0 Å². The van der Waals surface area contributed by atoms with E-state index < -0.39 is 0 Å². The van der Waals surface area contributed by atoms with Crippen molar-refractivity contribution in [2.24, 2.45) is 0 Å². The Kier molecular flexibility index (Phi) is 6.22. The van der Waals surface area contributed by atoms with Crippen molar-refractivity contribution in [1.29, 1.82) is 0 Å². The standard InChI is InChI=1S/C22H28N2O3/c1-23(22(25)18-11-9-13-20(26-2)21(18)27-3)16-17-10-5-6-12-19(17)24-14-7-4-8-15-24/h5-6,9-13H,4,7-8,14-16H2,1-3H3. The average Bonchev–Trinajstić information content (AvgIpc) is 2.73. The van der Waals surface area contributed by atoms with Crippen LogP contribution in [-0.2, 0) is 6.54 Å². The van der Waals surface area contributed by atoms with Crippen LogP contribution in [0, 0.1) is 0 Å². The lowest BCUT2D eigenvalue weighted by Crippen LogP contribution is -2.32. The van der Waals surface area contributed by atoms with Crippen molar-refractivity contribution in [3.05, 3.63) is 53.6 Å². The highest BCUT2D eigenvalue weighted by Gasteiger charge is 2.21. The second-order valence-corrected chi connectivity index (χ2v) is 6.88. The van der Waals surface area contributed by atoms with Crippen molar-refractivity contribution in [1.82, 2.24) is 4.90 Å². The minimum Gasteiger partial charge on any atom is -0.493 e. The van der Waals surface area contributed by atoms with Crippen molar-refractivity contribution in [2.45, 2.75) is 25.8 Å². The van der Waals surface area contributed by atoms with E-state index in [9.17, 15) is 4.79 Å². The lowest BCUT2D eigenvalue weighted by atomic mass is 10.1. The fraction of sp³-hybridized carbons (Fsp3) is 0.409. The molecule has 1 aliphatic heterocycles. The molecule has 1 fully saturated rings. The van der Waals surface area contributed by atoms with Crippen LogP contribution in [0.25, 0.3) is 0 Å². The highest BCUT2D eigenvalue weighted by atomic mass is 16.5. The summed E-state index contributed by atoms with van der Waals surface area (Å²) < 4.78 is 10.7. The number of methoxy groups -OCH3 is 2. The summed E-state index contributed by atoms with van der Waals surface area (Å²) in [5.41, 5.74) is 2.90. The van der Waals surface area contributed by atoms with Gasteiger partial charge >= 0.3 is 0 Å². The Morgan fingerprint density at radius 2 is 1.74 bits per heavy atom. The molecule has 5 nitrogen and oxygen atoms in total.